The second-order valence-corrected chi connectivity index (χ2v) is 28.4. The van der Waals surface area contributed by atoms with Gasteiger partial charge < -0.3 is 71.3 Å². The number of ketones is 5. The second-order valence-electron chi connectivity index (χ2n) is 28.4. The number of aliphatic hydroxyl groups is 1. The first-order valence-electron chi connectivity index (χ1n) is 36.4. The summed E-state index contributed by atoms with van der Waals surface area (Å²) in [6.45, 7) is 21.2. The molecule has 2 aromatic carbocycles. The number of nitrogens with zero attached hydrogens (tertiary/aromatic N) is 2. The molecule has 7 amide bonds. The van der Waals surface area contributed by atoms with Gasteiger partial charge in [-0.05, 0) is 91.4 Å². The average molecular weight is 1420 g/mol. The lowest BCUT2D eigenvalue weighted by molar-refractivity contribution is -0.149. The molecular formula is C76H122N8O17. The van der Waals surface area contributed by atoms with E-state index in [9.17, 15) is 57.8 Å². The number of hydrogen-bond donors (Lipinski definition) is 7. The minimum Gasteiger partial charge on any atom is -0.445 e. The number of carbonyl (C=O) groups excluding carboxylic acids is 11. The van der Waals surface area contributed by atoms with Crippen LogP contribution in [-0.4, -0.2) is 184 Å². The molecule has 0 radical (unpaired) electrons. The van der Waals surface area contributed by atoms with E-state index in [-0.39, 0.29) is 173 Å². The minimum absolute atomic E-state index is 0.0166. The number of nitrogens with one attached hydrogen (secondary N) is 4. The maximum atomic E-state index is 14.8. The number of alkyl carbamates (subject to hydrolysis) is 1. The lowest BCUT2D eigenvalue weighted by Crippen LogP contribution is -2.54. The predicted molar refractivity (Wildman–Crippen MR) is 386 cm³/mol. The number of anilines is 1. The standard InChI is InChI=1S/C76H122N8O17/c1-15-50(8)70(65(97-13)43-67(91)84-36-23-28-60(84)72(98-14)53(11)61(86)40-51(9)71(92)55-24-18-16-19-25-55)83(12)74(94)59(47(2)3)42-62(87)68(48(4)5)52(10)64(89)46-100-39-38-99-37-35-80-76(96)101-45-54-30-32-57(33-31-54)81-73(93)56(26-22-34-79-75(78)95)41-63(88)69(49(6)7)82-66(90)29-21-17-20-27-58(85)44-77/h16,18-19,24-25,30-33,47-53,56,59-60,65,68-72,92H,15,17,20-23,26-29,34-46,77H2,1-14H3,(H,80,96)(H,81,93)(H,82,90)(H3,78,79,95)/t50-,51-,52-,53-,56-,59+,60-,65+,68?,69?,70-,71+,72+/m0/s1. The molecule has 0 saturated carbocycles. The molecule has 1 saturated heterocycles. The van der Waals surface area contributed by atoms with Gasteiger partial charge in [0.15, 0.2) is 11.6 Å². The number of urea groups is 1. The van der Waals surface area contributed by atoms with Gasteiger partial charge in [-0.2, -0.15) is 0 Å². The molecule has 0 aliphatic carbocycles. The molecule has 25 nitrogen and oxygen atoms in total. The summed E-state index contributed by atoms with van der Waals surface area (Å²) in [5, 5.41) is 21.8. The van der Waals surface area contributed by atoms with Gasteiger partial charge in [0.05, 0.1) is 69.2 Å². The van der Waals surface area contributed by atoms with E-state index >= 15 is 0 Å². The third kappa shape index (κ3) is 30.1. The van der Waals surface area contributed by atoms with Gasteiger partial charge in [-0.1, -0.05) is 131 Å². The Bertz CT molecular complexity index is 2910. The Morgan fingerprint density at radius 2 is 1.35 bits per heavy atom. The van der Waals surface area contributed by atoms with Crippen LogP contribution in [0.15, 0.2) is 54.6 Å². The molecular weight excluding hydrogens is 1300 g/mol. The van der Waals surface area contributed by atoms with Crippen molar-refractivity contribution in [2.45, 2.75) is 209 Å². The Labute approximate surface area is 599 Å². The van der Waals surface area contributed by atoms with E-state index in [1.165, 1.54) is 7.11 Å². The largest absolute Gasteiger partial charge is 0.445 e. The topological polar surface area (TPSA) is 361 Å². The highest BCUT2D eigenvalue weighted by Crippen LogP contribution is 2.34. The number of unbranched alkanes of at least 4 members (excludes halogenated alkanes) is 2. The van der Waals surface area contributed by atoms with Crippen molar-refractivity contribution in [1.29, 1.82) is 0 Å². The SMILES string of the molecule is CC[C@H](C)[C@@H]([C@@H](CC(=O)N1CCC[C@H]1[C@H](OC)[C@@H](C)C(=O)C[C@H](C)[C@@H](O)c1ccccc1)OC)N(C)C(=O)[C@H](CC(=O)C(C(C)C)[C@@H](C)C(=O)COCCOCCNC(=O)OCc1ccc(NC(=O)[C@@H](CCCNC(N)=O)CC(=O)C(NC(=O)CCCCCC(=O)CN)C(C)C)cc1)C(C)C. The first kappa shape index (κ1) is 88.2. The van der Waals surface area contributed by atoms with Crippen molar-refractivity contribution in [1.82, 2.24) is 25.8 Å². The molecule has 1 heterocycles. The molecule has 1 fully saturated rings. The van der Waals surface area contributed by atoms with Gasteiger partial charge >= 0.3 is 12.1 Å². The molecule has 2 aromatic rings. The number of primary amides is 1. The van der Waals surface area contributed by atoms with Crippen molar-refractivity contribution in [3.63, 3.8) is 0 Å². The Kier molecular flexibility index (Phi) is 40.6. The highest BCUT2D eigenvalue weighted by molar-refractivity contribution is 5.98. The highest BCUT2D eigenvalue weighted by atomic mass is 16.6. The maximum Gasteiger partial charge on any atom is 0.407 e. The number of rotatable bonds is 51. The molecule has 568 valence electrons. The van der Waals surface area contributed by atoms with Gasteiger partial charge in [0.25, 0.3) is 0 Å². The fraction of sp³-hybridized carbons (Fsp3) is 0.697. The van der Waals surface area contributed by atoms with Gasteiger partial charge in [0, 0.05) is 108 Å². The van der Waals surface area contributed by atoms with Crippen LogP contribution in [0.1, 0.15) is 183 Å². The lowest BCUT2D eigenvalue weighted by Gasteiger charge is -2.41. The molecule has 2 unspecified atom stereocenters. The summed E-state index contributed by atoms with van der Waals surface area (Å²) in [5.41, 5.74) is 12.4. The Balaban J connectivity index is 1.49. The molecule has 25 heteroatoms. The number of amides is 7. The van der Waals surface area contributed by atoms with Crippen molar-refractivity contribution in [3.8, 4) is 0 Å². The third-order valence-corrected chi connectivity index (χ3v) is 19.7. The smallest absolute Gasteiger partial charge is 0.407 e. The van der Waals surface area contributed by atoms with Crippen molar-refractivity contribution in [2.24, 2.45) is 70.6 Å². The number of methoxy groups -OCH3 is 2. The molecule has 0 aromatic heterocycles. The summed E-state index contributed by atoms with van der Waals surface area (Å²) in [5.74, 6) is -6.84. The first-order chi connectivity index (χ1) is 47.9. The van der Waals surface area contributed by atoms with Crippen LogP contribution in [0.5, 0.6) is 0 Å². The number of benzene rings is 2. The van der Waals surface area contributed by atoms with Gasteiger partial charge in [-0.25, -0.2) is 9.59 Å². The summed E-state index contributed by atoms with van der Waals surface area (Å²) >= 11 is 0. The molecule has 9 N–H and O–H groups in total. The minimum atomic E-state index is -0.837. The summed E-state index contributed by atoms with van der Waals surface area (Å²) < 4.78 is 28.8. The van der Waals surface area contributed by atoms with E-state index < -0.39 is 78.0 Å². The molecule has 101 heavy (non-hydrogen) atoms. The number of likely N-dealkylation sites (tertiary alicyclic amines) is 1. The van der Waals surface area contributed by atoms with Crippen LogP contribution in [0.3, 0.4) is 0 Å². The van der Waals surface area contributed by atoms with Crippen LogP contribution in [-0.2, 0) is 73.4 Å². The zero-order valence-electron chi connectivity index (χ0n) is 62.7. The number of likely N-dealkylation sites (N-methyl/N-ethyl adjacent to an activating group) is 1. The number of nitrogens with two attached hydrogens (primary N) is 2. The predicted octanol–water partition coefficient (Wildman–Crippen LogP) is 8.49. The molecule has 1 aliphatic heterocycles. The Hall–Kier alpha value is -7.03. The number of hydrogen-bond acceptors (Lipinski definition) is 18. The normalized spacial score (nSPS) is 16.7. The quantitative estimate of drug-likeness (QED) is 0.0305. The van der Waals surface area contributed by atoms with E-state index in [4.69, 9.17) is 35.2 Å². The van der Waals surface area contributed by atoms with Crippen LogP contribution >= 0.6 is 0 Å². The van der Waals surface area contributed by atoms with Crippen LogP contribution in [0.25, 0.3) is 0 Å². The molecule has 0 bridgehead atoms. The van der Waals surface area contributed by atoms with Crippen molar-refractivity contribution >= 4 is 70.4 Å². The van der Waals surface area contributed by atoms with E-state index in [0.717, 1.165) is 12.0 Å². The van der Waals surface area contributed by atoms with Crippen LogP contribution in [0, 0.1) is 59.2 Å². The fourth-order valence-electron chi connectivity index (χ4n) is 13.5. The zero-order chi connectivity index (χ0) is 75.5. The van der Waals surface area contributed by atoms with E-state index in [2.05, 4.69) is 21.3 Å². The number of Topliss-reactive ketones (excluding diaryl/α,β-unsaturated/α-hetero) is 5. The second kappa shape index (κ2) is 46.6. The van der Waals surface area contributed by atoms with Crippen LogP contribution in [0.4, 0.5) is 15.3 Å². The average Bonchev–Trinajstić information content (AvgIpc) is 1.80. The summed E-state index contributed by atoms with van der Waals surface area (Å²) in [7, 11) is 4.79. The van der Waals surface area contributed by atoms with Crippen molar-refractivity contribution < 1.29 is 81.5 Å². The van der Waals surface area contributed by atoms with Crippen molar-refractivity contribution in [2.75, 3.05) is 79.2 Å². The summed E-state index contributed by atoms with van der Waals surface area (Å²) in [6, 6.07) is 13.4. The van der Waals surface area contributed by atoms with E-state index in [1.54, 1.807) is 69.0 Å². The first-order valence-corrected chi connectivity index (χ1v) is 36.4. The molecule has 0 spiro atoms. The number of aliphatic hydroxyl groups excluding tert-OH is 1. The molecule has 13 atom stereocenters. The summed E-state index contributed by atoms with van der Waals surface area (Å²) in [6.07, 6.45) is 1.97. The van der Waals surface area contributed by atoms with E-state index in [1.807, 2.05) is 85.7 Å². The van der Waals surface area contributed by atoms with Gasteiger partial charge in [-0.3, -0.25) is 43.2 Å². The Morgan fingerprint density at radius 1 is 0.683 bits per heavy atom. The zero-order valence-corrected chi connectivity index (χ0v) is 62.7. The van der Waals surface area contributed by atoms with Crippen LogP contribution < -0.4 is 32.7 Å². The monoisotopic (exact) mass is 1420 g/mol. The van der Waals surface area contributed by atoms with Gasteiger partial charge in [-0.15, -0.1) is 0 Å². The highest BCUT2D eigenvalue weighted by Gasteiger charge is 2.44. The molecule has 3 rings (SSSR count). The fourth-order valence-corrected chi connectivity index (χ4v) is 13.5. The lowest BCUT2D eigenvalue weighted by atomic mass is 9.75. The van der Waals surface area contributed by atoms with Gasteiger partial charge in [0.2, 0.25) is 23.6 Å². The third-order valence-electron chi connectivity index (χ3n) is 19.7. The Morgan fingerprint density at radius 3 is 1.95 bits per heavy atom. The number of ether oxygens (including phenoxy) is 5. The molecule has 1 aliphatic rings. The van der Waals surface area contributed by atoms with Gasteiger partial charge in [0.1, 0.15) is 30.6 Å². The summed E-state index contributed by atoms with van der Waals surface area (Å²) in [4.78, 5) is 150. The number of carbonyl (C=O) groups is 11. The van der Waals surface area contributed by atoms with Crippen LogP contribution in [0.2, 0.25) is 0 Å². The maximum absolute atomic E-state index is 14.8. The van der Waals surface area contributed by atoms with Crippen molar-refractivity contribution in [3.05, 3.63) is 65.7 Å². The van der Waals surface area contributed by atoms with E-state index in [0.29, 0.717) is 62.7 Å².